The summed E-state index contributed by atoms with van der Waals surface area (Å²) in [6.45, 7) is 0. The number of nitrogens with zero attached hydrogens (tertiary/aromatic N) is 2. The highest BCUT2D eigenvalue weighted by Gasteiger charge is 2.19. The Hall–Kier alpha value is -4.53. The molecule has 0 atom stereocenters. The average molecular weight is 495 g/mol. The molecule has 1 heterocycles. The van der Waals surface area contributed by atoms with E-state index in [2.05, 4.69) is 96.1 Å². The van der Waals surface area contributed by atoms with Crippen molar-refractivity contribution >= 4 is 34.2 Å². The summed E-state index contributed by atoms with van der Waals surface area (Å²) in [5.74, 6) is 0. The van der Waals surface area contributed by atoms with E-state index in [-0.39, 0.29) is 0 Å². The smallest absolute Gasteiger partial charge is 0.102 e. The highest BCUT2D eigenvalue weighted by atomic mass is 35.5. The first kappa shape index (κ1) is 22.9. The highest BCUT2D eigenvalue weighted by Crippen LogP contribution is 2.40. The van der Waals surface area contributed by atoms with Crippen molar-refractivity contribution in [2.24, 2.45) is 0 Å². The van der Waals surface area contributed by atoms with Crippen LogP contribution in [0.3, 0.4) is 0 Å². The van der Waals surface area contributed by atoms with E-state index in [9.17, 15) is 0 Å². The van der Waals surface area contributed by atoms with Gasteiger partial charge in [-0.05, 0) is 52.1 Å². The molecule has 0 aliphatic carbocycles. The normalized spacial score (nSPS) is 11.5. The molecule has 6 rings (SSSR count). The molecule has 0 fully saturated rings. The lowest BCUT2D eigenvalue weighted by Gasteiger charge is -2.17. The third kappa shape index (κ3) is 4.67. The van der Waals surface area contributed by atoms with Gasteiger partial charge in [-0.2, -0.15) is 0 Å². The second-order valence-corrected chi connectivity index (χ2v) is 9.27. The van der Waals surface area contributed by atoms with Crippen LogP contribution in [0, 0.1) is 0 Å². The lowest BCUT2D eigenvalue weighted by molar-refractivity contribution is 1.08. The molecular formula is C34H23ClN2. The van der Waals surface area contributed by atoms with Crippen LogP contribution >= 0.6 is 11.6 Å². The zero-order valence-corrected chi connectivity index (χ0v) is 20.8. The summed E-state index contributed by atoms with van der Waals surface area (Å²) in [7, 11) is 0. The van der Waals surface area contributed by atoms with Gasteiger partial charge in [0.2, 0.25) is 0 Å². The molecule has 2 nitrogen and oxygen atoms in total. The van der Waals surface area contributed by atoms with Gasteiger partial charge in [0.15, 0.2) is 0 Å². The maximum absolute atomic E-state index is 6.47. The number of hydrogen-bond acceptors (Lipinski definition) is 2. The summed E-state index contributed by atoms with van der Waals surface area (Å²) in [6, 6.07) is 45.4. The Bertz CT molecular complexity index is 1710. The minimum Gasteiger partial charge on any atom is -0.150 e. The summed E-state index contributed by atoms with van der Waals surface area (Å²) < 4.78 is 0. The quantitative estimate of drug-likeness (QED) is 0.223. The van der Waals surface area contributed by atoms with E-state index in [1.165, 1.54) is 0 Å². The monoisotopic (exact) mass is 494 g/mol. The Morgan fingerprint density at radius 3 is 2.03 bits per heavy atom. The van der Waals surface area contributed by atoms with Crippen molar-refractivity contribution in [3.05, 3.63) is 155 Å². The largest absolute Gasteiger partial charge is 0.150 e. The van der Waals surface area contributed by atoms with Crippen LogP contribution in [0.15, 0.2) is 133 Å². The van der Waals surface area contributed by atoms with Crippen LogP contribution in [-0.4, -0.2) is 10.2 Å². The highest BCUT2D eigenvalue weighted by molar-refractivity contribution is 6.31. The van der Waals surface area contributed by atoms with Crippen LogP contribution in [0.5, 0.6) is 0 Å². The molecule has 176 valence electrons. The Morgan fingerprint density at radius 2 is 1.27 bits per heavy atom. The van der Waals surface area contributed by atoms with Crippen LogP contribution in [0.2, 0.25) is 5.02 Å². The minimum absolute atomic E-state index is 0.672. The Balaban J connectivity index is 1.66. The first-order chi connectivity index (χ1) is 18.3. The van der Waals surface area contributed by atoms with E-state index < -0.39 is 0 Å². The van der Waals surface area contributed by atoms with Gasteiger partial charge in [0, 0.05) is 21.5 Å². The molecule has 1 aromatic heterocycles. The molecule has 0 bridgehead atoms. The van der Waals surface area contributed by atoms with E-state index in [1.807, 2.05) is 48.5 Å². The van der Waals surface area contributed by atoms with Crippen molar-refractivity contribution in [3.8, 4) is 22.4 Å². The van der Waals surface area contributed by atoms with E-state index in [1.54, 1.807) is 0 Å². The lowest BCUT2D eigenvalue weighted by atomic mass is 9.88. The maximum atomic E-state index is 6.47. The molecule has 37 heavy (non-hydrogen) atoms. The molecule has 0 unspecified atom stereocenters. The topological polar surface area (TPSA) is 25.8 Å². The second-order valence-electron chi connectivity index (χ2n) is 8.83. The van der Waals surface area contributed by atoms with Crippen LogP contribution in [0.1, 0.15) is 16.7 Å². The van der Waals surface area contributed by atoms with E-state index in [0.29, 0.717) is 5.02 Å². The molecule has 0 aliphatic heterocycles. The van der Waals surface area contributed by atoms with Crippen LogP contribution < -0.4 is 0 Å². The molecule has 0 radical (unpaired) electrons. The first-order valence-corrected chi connectivity index (χ1v) is 12.6. The van der Waals surface area contributed by atoms with Crippen molar-refractivity contribution in [3.63, 3.8) is 0 Å². The number of fused-ring (bicyclic) bond motifs is 1. The molecule has 0 N–H and O–H groups in total. The standard InChI is InChI=1S/C34H23ClN2/c35-27-20-21-32-31(23-27)33(26-16-8-3-9-17-26)34(37-36-32)29-19-11-10-18-28(29)30(25-14-6-2-7-15-25)22-24-12-4-1-5-13-24/h1-23H. The lowest BCUT2D eigenvalue weighted by Crippen LogP contribution is -1.99. The summed E-state index contributed by atoms with van der Waals surface area (Å²) in [5, 5.41) is 11.1. The molecule has 0 spiro atoms. The Morgan fingerprint density at radius 1 is 0.622 bits per heavy atom. The van der Waals surface area contributed by atoms with E-state index in [0.717, 1.165) is 55.6 Å². The SMILES string of the molecule is Clc1ccc2nnc(-c3ccccc3C(=Cc3ccccc3)c3ccccc3)c(-c3ccccc3)c2c1. The fraction of sp³-hybridized carbons (Fsp3) is 0. The van der Waals surface area contributed by atoms with Crippen LogP contribution in [0.4, 0.5) is 0 Å². The molecule has 0 saturated heterocycles. The van der Waals surface area contributed by atoms with Gasteiger partial charge in [0.05, 0.1) is 5.52 Å². The molecular weight excluding hydrogens is 472 g/mol. The van der Waals surface area contributed by atoms with Gasteiger partial charge >= 0.3 is 0 Å². The molecule has 0 saturated carbocycles. The van der Waals surface area contributed by atoms with Crippen molar-refractivity contribution in [1.29, 1.82) is 0 Å². The first-order valence-electron chi connectivity index (χ1n) is 12.2. The van der Waals surface area contributed by atoms with Crippen molar-refractivity contribution in [1.82, 2.24) is 10.2 Å². The third-order valence-electron chi connectivity index (χ3n) is 6.45. The number of hydrogen-bond donors (Lipinski definition) is 0. The van der Waals surface area contributed by atoms with Gasteiger partial charge in [-0.3, -0.25) is 0 Å². The summed E-state index contributed by atoms with van der Waals surface area (Å²) in [4.78, 5) is 0. The van der Waals surface area contributed by atoms with Crippen molar-refractivity contribution < 1.29 is 0 Å². The fourth-order valence-corrected chi connectivity index (χ4v) is 4.91. The number of aromatic nitrogens is 2. The number of rotatable bonds is 5. The Kier molecular flexibility index (Phi) is 6.33. The predicted molar refractivity (Wildman–Crippen MR) is 155 cm³/mol. The second kappa shape index (κ2) is 10.2. The Labute approximate surface area is 221 Å². The number of benzene rings is 5. The third-order valence-corrected chi connectivity index (χ3v) is 6.69. The predicted octanol–water partition coefficient (Wildman–Crippen LogP) is 9.21. The zero-order valence-electron chi connectivity index (χ0n) is 20.1. The maximum Gasteiger partial charge on any atom is 0.102 e. The summed E-state index contributed by atoms with van der Waals surface area (Å²) in [6.07, 6.45) is 2.24. The molecule has 0 aliphatic rings. The average Bonchev–Trinajstić information content (AvgIpc) is 2.97. The van der Waals surface area contributed by atoms with Gasteiger partial charge in [0.1, 0.15) is 5.69 Å². The molecule has 3 heteroatoms. The summed E-state index contributed by atoms with van der Waals surface area (Å²) >= 11 is 6.47. The van der Waals surface area contributed by atoms with Gasteiger partial charge in [-0.15, -0.1) is 10.2 Å². The molecule has 6 aromatic rings. The van der Waals surface area contributed by atoms with Gasteiger partial charge in [-0.1, -0.05) is 127 Å². The number of halogens is 1. The zero-order chi connectivity index (χ0) is 25.0. The van der Waals surface area contributed by atoms with Crippen LogP contribution in [-0.2, 0) is 0 Å². The van der Waals surface area contributed by atoms with Crippen molar-refractivity contribution in [2.45, 2.75) is 0 Å². The fourth-order valence-electron chi connectivity index (χ4n) is 4.74. The van der Waals surface area contributed by atoms with E-state index >= 15 is 0 Å². The van der Waals surface area contributed by atoms with Crippen molar-refractivity contribution in [2.75, 3.05) is 0 Å². The minimum atomic E-state index is 0.672. The van der Waals surface area contributed by atoms with E-state index in [4.69, 9.17) is 16.7 Å². The van der Waals surface area contributed by atoms with Gasteiger partial charge in [-0.25, -0.2) is 0 Å². The van der Waals surface area contributed by atoms with Gasteiger partial charge < -0.3 is 0 Å². The molecule has 5 aromatic carbocycles. The van der Waals surface area contributed by atoms with Crippen LogP contribution in [0.25, 0.3) is 44.9 Å². The molecule has 0 amide bonds. The van der Waals surface area contributed by atoms with Gasteiger partial charge in [0.25, 0.3) is 0 Å². The summed E-state index contributed by atoms with van der Waals surface area (Å²) in [5.41, 5.74) is 9.23.